The maximum absolute atomic E-state index is 12.7. The van der Waals surface area contributed by atoms with Crippen molar-refractivity contribution in [3.8, 4) is 17.0 Å². The number of ether oxygens (including phenoxy) is 1. The molecule has 0 aliphatic heterocycles. The number of Topliss-reactive ketones (excluding diaryl/α,β-unsaturated/α-hetero) is 2. The normalized spacial score (nSPS) is 10.8. The van der Waals surface area contributed by atoms with Gasteiger partial charge >= 0.3 is 0 Å². The van der Waals surface area contributed by atoms with Crippen molar-refractivity contribution in [1.29, 1.82) is 0 Å². The molecule has 0 radical (unpaired) electrons. The molecule has 0 atom stereocenters. The highest BCUT2D eigenvalue weighted by atomic mass is 32.2. The molecular formula is C23H25N3O3S. The summed E-state index contributed by atoms with van der Waals surface area (Å²) in [6, 6.07) is 9.44. The molecule has 7 heteroatoms. The van der Waals surface area contributed by atoms with E-state index in [9.17, 15) is 9.59 Å². The fourth-order valence-corrected chi connectivity index (χ4v) is 4.26. The number of methoxy groups -OCH3 is 1. The SMILES string of the molecule is CCc1c(SCC(=O)Cc2cc(CC(C)=O)ccc2OC)n[nH]c1-c1cccnc1. The quantitative estimate of drug-likeness (QED) is 0.495. The fourth-order valence-electron chi connectivity index (χ4n) is 3.33. The maximum atomic E-state index is 12.7. The van der Waals surface area contributed by atoms with Gasteiger partial charge in [0.05, 0.1) is 18.6 Å². The van der Waals surface area contributed by atoms with Crippen LogP contribution in [0.25, 0.3) is 11.3 Å². The number of aromatic nitrogens is 3. The second kappa shape index (κ2) is 10.2. The second-order valence-corrected chi connectivity index (χ2v) is 7.97. The molecule has 2 heterocycles. The van der Waals surface area contributed by atoms with E-state index in [1.807, 2.05) is 30.3 Å². The first kappa shape index (κ1) is 21.8. The average Bonchev–Trinajstić information content (AvgIpc) is 3.15. The van der Waals surface area contributed by atoms with Gasteiger partial charge in [0.25, 0.3) is 0 Å². The Bertz CT molecular complexity index is 1030. The van der Waals surface area contributed by atoms with Crippen molar-refractivity contribution in [1.82, 2.24) is 15.2 Å². The zero-order valence-corrected chi connectivity index (χ0v) is 18.2. The molecule has 0 spiro atoms. The minimum atomic E-state index is 0.0752. The molecule has 3 aromatic rings. The number of hydrogen-bond acceptors (Lipinski definition) is 6. The van der Waals surface area contributed by atoms with Crippen molar-refractivity contribution in [3.05, 3.63) is 59.4 Å². The lowest BCUT2D eigenvalue weighted by Crippen LogP contribution is -2.08. The Balaban J connectivity index is 1.69. The van der Waals surface area contributed by atoms with Crippen LogP contribution in [-0.2, 0) is 28.9 Å². The highest BCUT2D eigenvalue weighted by molar-refractivity contribution is 8.00. The molecule has 0 saturated heterocycles. The van der Waals surface area contributed by atoms with E-state index in [2.05, 4.69) is 22.1 Å². The van der Waals surface area contributed by atoms with Crippen LogP contribution in [0.4, 0.5) is 0 Å². The van der Waals surface area contributed by atoms with Crippen LogP contribution in [-0.4, -0.2) is 39.6 Å². The predicted octanol–water partition coefficient (Wildman–Crippen LogP) is 4.08. The topological polar surface area (TPSA) is 84.9 Å². The zero-order chi connectivity index (χ0) is 21.5. The molecule has 2 aromatic heterocycles. The predicted molar refractivity (Wildman–Crippen MR) is 118 cm³/mol. The van der Waals surface area contributed by atoms with Gasteiger partial charge in [-0.3, -0.25) is 19.7 Å². The first-order chi connectivity index (χ1) is 14.5. The summed E-state index contributed by atoms with van der Waals surface area (Å²) in [5.74, 6) is 1.13. The Labute approximate surface area is 180 Å². The van der Waals surface area contributed by atoms with Crippen LogP contribution in [0.3, 0.4) is 0 Å². The Kier molecular flexibility index (Phi) is 7.41. The number of carbonyl (C=O) groups is 2. The molecular weight excluding hydrogens is 398 g/mol. The van der Waals surface area contributed by atoms with Gasteiger partial charge in [0, 0.05) is 41.9 Å². The lowest BCUT2D eigenvalue weighted by atomic mass is 10.0. The summed E-state index contributed by atoms with van der Waals surface area (Å²) < 4.78 is 5.39. The molecule has 0 unspecified atom stereocenters. The van der Waals surface area contributed by atoms with Crippen LogP contribution in [0.5, 0.6) is 5.75 Å². The van der Waals surface area contributed by atoms with E-state index in [0.29, 0.717) is 17.9 Å². The summed E-state index contributed by atoms with van der Waals surface area (Å²) in [4.78, 5) is 28.2. The molecule has 1 N–H and O–H groups in total. The third-order valence-electron chi connectivity index (χ3n) is 4.69. The first-order valence-corrected chi connectivity index (χ1v) is 10.8. The molecule has 1 aromatic carbocycles. The molecule has 0 saturated carbocycles. The number of thioether (sulfide) groups is 1. The molecule has 0 aliphatic carbocycles. The molecule has 156 valence electrons. The fraction of sp³-hybridized carbons (Fsp3) is 0.304. The Morgan fingerprint density at radius 3 is 2.70 bits per heavy atom. The number of benzene rings is 1. The Hall–Kier alpha value is -2.93. The van der Waals surface area contributed by atoms with Gasteiger partial charge in [0.2, 0.25) is 0 Å². The van der Waals surface area contributed by atoms with E-state index in [0.717, 1.165) is 39.4 Å². The molecule has 3 rings (SSSR count). The zero-order valence-electron chi connectivity index (χ0n) is 17.4. The van der Waals surface area contributed by atoms with Crippen LogP contribution in [0.15, 0.2) is 47.8 Å². The van der Waals surface area contributed by atoms with Gasteiger partial charge in [-0.25, -0.2) is 0 Å². The molecule has 0 aliphatic rings. The number of carbonyl (C=O) groups excluding carboxylic acids is 2. The van der Waals surface area contributed by atoms with Crippen molar-refractivity contribution in [3.63, 3.8) is 0 Å². The Morgan fingerprint density at radius 2 is 2.03 bits per heavy atom. The number of nitrogens with zero attached hydrogens (tertiary/aromatic N) is 2. The van der Waals surface area contributed by atoms with Gasteiger partial charge < -0.3 is 4.74 Å². The van der Waals surface area contributed by atoms with E-state index in [-0.39, 0.29) is 18.0 Å². The summed E-state index contributed by atoms with van der Waals surface area (Å²) in [6.07, 6.45) is 4.94. The summed E-state index contributed by atoms with van der Waals surface area (Å²) in [6.45, 7) is 3.63. The lowest BCUT2D eigenvalue weighted by Gasteiger charge is -2.10. The van der Waals surface area contributed by atoms with E-state index < -0.39 is 0 Å². The van der Waals surface area contributed by atoms with E-state index in [1.54, 1.807) is 26.4 Å². The van der Waals surface area contributed by atoms with Crippen LogP contribution < -0.4 is 4.74 Å². The molecule has 6 nitrogen and oxygen atoms in total. The van der Waals surface area contributed by atoms with Crippen LogP contribution >= 0.6 is 11.8 Å². The van der Waals surface area contributed by atoms with Crippen molar-refractivity contribution in [2.75, 3.05) is 12.9 Å². The molecule has 30 heavy (non-hydrogen) atoms. The lowest BCUT2D eigenvalue weighted by molar-refractivity contribution is -0.117. The van der Waals surface area contributed by atoms with Crippen molar-refractivity contribution in [2.24, 2.45) is 0 Å². The van der Waals surface area contributed by atoms with Gasteiger partial charge in [-0.15, -0.1) is 0 Å². The molecule has 0 bridgehead atoms. The van der Waals surface area contributed by atoms with Crippen molar-refractivity contribution >= 4 is 23.3 Å². The summed E-state index contributed by atoms with van der Waals surface area (Å²) in [5, 5.41) is 8.34. The van der Waals surface area contributed by atoms with E-state index in [1.165, 1.54) is 11.8 Å². The number of nitrogens with one attached hydrogen (secondary N) is 1. The Morgan fingerprint density at radius 1 is 1.20 bits per heavy atom. The minimum absolute atomic E-state index is 0.0752. The highest BCUT2D eigenvalue weighted by Gasteiger charge is 2.16. The van der Waals surface area contributed by atoms with Gasteiger partial charge in [0.15, 0.2) is 0 Å². The third-order valence-corrected chi connectivity index (χ3v) is 5.77. The van der Waals surface area contributed by atoms with Crippen LogP contribution in [0.1, 0.15) is 30.5 Å². The van der Waals surface area contributed by atoms with E-state index >= 15 is 0 Å². The number of hydrogen-bond donors (Lipinski definition) is 1. The number of ketones is 2. The first-order valence-electron chi connectivity index (χ1n) is 9.79. The van der Waals surface area contributed by atoms with E-state index in [4.69, 9.17) is 4.74 Å². The summed E-state index contributed by atoms with van der Waals surface area (Å²) in [5.41, 5.74) is 4.70. The summed E-state index contributed by atoms with van der Waals surface area (Å²) in [7, 11) is 1.58. The largest absolute Gasteiger partial charge is 0.496 e. The smallest absolute Gasteiger partial charge is 0.147 e. The number of aromatic amines is 1. The van der Waals surface area contributed by atoms with Crippen molar-refractivity contribution < 1.29 is 14.3 Å². The minimum Gasteiger partial charge on any atom is -0.496 e. The van der Waals surface area contributed by atoms with Gasteiger partial charge in [-0.1, -0.05) is 30.8 Å². The third kappa shape index (κ3) is 5.36. The van der Waals surface area contributed by atoms with Crippen LogP contribution in [0, 0.1) is 0 Å². The average molecular weight is 424 g/mol. The van der Waals surface area contributed by atoms with Crippen molar-refractivity contribution in [2.45, 2.75) is 38.1 Å². The number of H-pyrrole nitrogens is 1. The second-order valence-electron chi connectivity index (χ2n) is 7.01. The maximum Gasteiger partial charge on any atom is 0.147 e. The highest BCUT2D eigenvalue weighted by Crippen LogP contribution is 2.30. The van der Waals surface area contributed by atoms with Gasteiger partial charge in [-0.2, -0.15) is 5.10 Å². The van der Waals surface area contributed by atoms with Gasteiger partial charge in [0.1, 0.15) is 22.3 Å². The van der Waals surface area contributed by atoms with Crippen LogP contribution in [0.2, 0.25) is 0 Å². The molecule has 0 amide bonds. The standard InChI is InChI=1S/C23H25N3O3S/c1-4-20-22(17-6-5-9-24-13-17)25-26-23(20)30-14-19(28)12-18-11-16(10-15(2)27)7-8-21(18)29-3/h5-9,11,13H,4,10,12,14H2,1-3H3,(H,25,26). The monoisotopic (exact) mass is 423 g/mol. The summed E-state index contributed by atoms with van der Waals surface area (Å²) >= 11 is 1.44. The molecule has 0 fully saturated rings. The number of rotatable bonds is 10. The number of pyridine rings is 1. The van der Waals surface area contributed by atoms with Gasteiger partial charge in [-0.05, 0) is 37.1 Å².